The average molecular weight is 339 g/mol. The Kier molecular flexibility index (Phi) is 3.79. The zero-order valence-electron chi connectivity index (χ0n) is 13.9. The maximum Gasteiger partial charge on any atom is 0.363 e. The molecule has 1 fully saturated rings. The number of likely N-dealkylation sites (tertiary alicyclic amines) is 1. The number of nitrogens with zero attached hydrogens (tertiary/aromatic N) is 4. The number of rotatable bonds is 2. The fourth-order valence-electron chi connectivity index (χ4n) is 3.32. The molecule has 3 heterocycles. The Morgan fingerprint density at radius 2 is 2.29 bits per heavy atom. The van der Waals surface area contributed by atoms with E-state index in [1.165, 1.54) is 5.56 Å². The maximum atomic E-state index is 5.63. The maximum absolute atomic E-state index is 5.63. The molecule has 4 rings (SSSR count). The molecule has 5 nitrogen and oxygen atoms in total. The van der Waals surface area contributed by atoms with Gasteiger partial charge in [-0.05, 0) is 19.2 Å². The van der Waals surface area contributed by atoms with Crippen LogP contribution < -0.4 is 4.67 Å². The zero-order valence-corrected chi connectivity index (χ0v) is 14.7. The Morgan fingerprint density at radius 1 is 1.42 bits per heavy atom. The highest BCUT2D eigenvalue weighted by molar-refractivity contribution is 8.13. The summed E-state index contributed by atoms with van der Waals surface area (Å²) in [6.07, 6.45) is 5.02. The molecule has 2 atom stereocenters. The smallest absolute Gasteiger partial charge is 0.356 e. The van der Waals surface area contributed by atoms with Crippen molar-refractivity contribution in [2.75, 3.05) is 13.3 Å². The molecule has 0 saturated carbocycles. The molecule has 0 bridgehead atoms. The van der Waals surface area contributed by atoms with Crippen molar-refractivity contribution in [2.45, 2.75) is 19.4 Å². The summed E-state index contributed by atoms with van der Waals surface area (Å²) in [6, 6.07) is 10.4. The summed E-state index contributed by atoms with van der Waals surface area (Å²) in [5.74, 6) is 2.30. The van der Waals surface area contributed by atoms with Gasteiger partial charge in [-0.3, -0.25) is 0 Å². The number of fused-ring (bicyclic) bond motifs is 1. The van der Waals surface area contributed by atoms with Crippen LogP contribution in [0.5, 0.6) is 0 Å². The lowest BCUT2D eigenvalue weighted by molar-refractivity contribution is 0.391. The van der Waals surface area contributed by atoms with E-state index in [0.29, 0.717) is 5.92 Å². The van der Waals surface area contributed by atoms with Crippen molar-refractivity contribution >= 4 is 29.0 Å². The third-order valence-electron chi connectivity index (χ3n) is 4.51. The largest absolute Gasteiger partial charge is 0.363 e. The molecule has 0 radical (unpaired) electrons. The van der Waals surface area contributed by atoms with Gasteiger partial charge in [-0.15, -0.1) is 0 Å². The number of aryl methyl sites for hydroxylation is 1. The van der Waals surface area contributed by atoms with Crippen molar-refractivity contribution in [1.82, 2.24) is 14.7 Å². The van der Waals surface area contributed by atoms with E-state index in [4.69, 9.17) is 4.52 Å². The van der Waals surface area contributed by atoms with Gasteiger partial charge in [-0.1, -0.05) is 40.7 Å². The Balaban J connectivity index is 1.68. The van der Waals surface area contributed by atoms with Crippen LogP contribution in [0.2, 0.25) is 0 Å². The standard InChI is InChI=1S/C18H19N4OS/c1-11-5-4-6-12(7-11)16-9-14(21-23-16)15-8-13-10-20-17(13)22(15)18(19-2)24-3/h4-7,9-10,13,15H,8H2,1-3H3/q+1/t13-,15+/m0/s1. The third-order valence-corrected chi connectivity index (χ3v) is 5.25. The van der Waals surface area contributed by atoms with Crippen LogP contribution >= 0.6 is 11.8 Å². The zero-order chi connectivity index (χ0) is 16.7. The molecule has 2 aliphatic rings. The summed E-state index contributed by atoms with van der Waals surface area (Å²) in [7, 11) is 1.82. The average Bonchev–Trinajstić information content (AvgIpc) is 3.13. The van der Waals surface area contributed by atoms with Gasteiger partial charge >= 0.3 is 5.84 Å². The first-order valence-corrected chi connectivity index (χ1v) is 9.18. The molecule has 0 aliphatic carbocycles. The Bertz CT molecular complexity index is 879. The van der Waals surface area contributed by atoms with E-state index in [-0.39, 0.29) is 6.04 Å². The Hall–Kier alpha value is -2.30. The number of amidine groups is 2. The molecule has 6 heteroatoms. The van der Waals surface area contributed by atoms with Crippen molar-refractivity contribution in [3.05, 3.63) is 41.6 Å². The second-order valence-electron chi connectivity index (χ2n) is 6.06. The molecule has 1 saturated heterocycles. The van der Waals surface area contributed by atoms with E-state index < -0.39 is 0 Å². The summed E-state index contributed by atoms with van der Waals surface area (Å²) in [6.45, 7) is 2.08. The van der Waals surface area contributed by atoms with Crippen LogP contribution in [-0.2, 0) is 0 Å². The van der Waals surface area contributed by atoms with Crippen LogP contribution in [-0.4, -0.2) is 40.6 Å². The van der Waals surface area contributed by atoms with Crippen LogP contribution in [0.3, 0.4) is 0 Å². The van der Waals surface area contributed by atoms with Gasteiger partial charge in [-0.2, -0.15) is 4.90 Å². The fourth-order valence-corrected chi connectivity index (χ4v) is 3.92. The number of hydrogen-bond donors (Lipinski definition) is 0. The quantitative estimate of drug-likeness (QED) is 0.480. The van der Waals surface area contributed by atoms with Gasteiger partial charge in [0, 0.05) is 25.1 Å². The molecule has 1 aromatic heterocycles. The van der Waals surface area contributed by atoms with Crippen LogP contribution in [0.4, 0.5) is 0 Å². The molecule has 2 aliphatic heterocycles. The summed E-state index contributed by atoms with van der Waals surface area (Å²) < 4.78 is 10.1. The molecule has 1 aromatic carbocycles. The second-order valence-corrected chi connectivity index (χ2v) is 6.83. The monoisotopic (exact) mass is 339 g/mol. The number of aromatic nitrogens is 1. The van der Waals surface area contributed by atoms with Gasteiger partial charge in [0.2, 0.25) is 0 Å². The van der Waals surface area contributed by atoms with E-state index in [1.807, 2.05) is 37.7 Å². The van der Waals surface area contributed by atoms with Crippen LogP contribution in [0.15, 0.2) is 39.8 Å². The number of benzene rings is 1. The van der Waals surface area contributed by atoms with Gasteiger partial charge < -0.3 is 4.52 Å². The van der Waals surface area contributed by atoms with Crippen LogP contribution in [0.25, 0.3) is 11.3 Å². The molecule has 2 aromatic rings. The SMILES string of the molecule is CN=C(SC)N1C2=[N+]=C[C@@H]2C[C@@H]1c1cc(-c2cccc(C)c2)on1. The minimum Gasteiger partial charge on any atom is -0.356 e. The van der Waals surface area contributed by atoms with Crippen LogP contribution in [0, 0.1) is 12.8 Å². The highest BCUT2D eigenvalue weighted by Gasteiger charge is 2.53. The van der Waals surface area contributed by atoms with Gasteiger partial charge in [0.05, 0.1) is 0 Å². The minimum atomic E-state index is 0.126. The van der Waals surface area contributed by atoms with Crippen molar-refractivity contribution in [2.24, 2.45) is 10.9 Å². The van der Waals surface area contributed by atoms with Gasteiger partial charge in [-0.25, -0.2) is 9.66 Å². The van der Waals surface area contributed by atoms with E-state index in [2.05, 4.69) is 38.8 Å². The van der Waals surface area contributed by atoms with Gasteiger partial charge in [0.1, 0.15) is 5.69 Å². The third kappa shape index (κ3) is 2.39. The number of thioether (sulfide) groups is 1. The molecule has 0 N–H and O–H groups in total. The highest BCUT2D eigenvalue weighted by Crippen LogP contribution is 2.39. The molecule has 0 spiro atoms. The van der Waals surface area contributed by atoms with E-state index in [9.17, 15) is 0 Å². The summed E-state index contributed by atoms with van der Waals surface area (Å²) in [4.78, 5) is 6.61. The second kappa shape index (κ2) is 5.96. The summed E-state index contributed by atoms with van der Waals surface area (Å²) in [5.41, 5.74) is 3.20. The first-order chi connectivity index (χ1) is 11.7. The highest BCUT2D eigenvalue weighted by atomic mass is 32.2. The summed E-state index contributed by atoms with van der Waals surface area (Å²) >= 11 is 1.63. The molecule has 122 valence electrons. The first-order valence-electron chi connectivity index (χ1n) is 7.96. The fraction of sp³-hybridized carbons (Fsp3) is 0.333. The topological polar surface area (TPSA) is 55.7 Å². The summed E-state index contributed by atoms with van der Waals surface area (Å²) in [5, 5.41) is 5.32. The van der Waals surface area contributed by atoms with Crippen molar-refractivity contribution in [3.8, 4) is 11.3 Å². The van der Waals surface area contributed by atoms with E-state index in [0.717, 1.165) is 34.4 Å². The number of hydrogen-bond acceptors (Lipinski definition) is 4. The van der Waals surface area contributed by atoms with Crippen LogP contribution in [0.1, 0.15) is 23.7 Å². The molecule has 0 amide bonds. The molecule has 24 heavy (non-hydrogen) atoms. The lowest BCUT2D eigenvalue weighted by Crippen LogP contribution is -2.39. The molecular weight excluding hydrogens is 320 g/mol. The lowest BCUT2D eigenvalue weighted by Gasteiger charge is -2.16. The normalized spacial score (nSPS) is 22.4. The van der Waals surface area contributed by atoms with E-state index in [1.54, 1.807) is 11.8 Å². The van der Waals surface area contributed by atoms with Crippen molar-refractivity contribution < 1.29 is 4.52 Å². The first kappa shape index (κ1) is 15.2. The number of aliphatic imine (C=N–C) groups is 1. The van der Waals surface area contributed by atoms with E-state index >= 15 is 0 Å². The molecule has 0 unspecified atom stereocenters. The molecular formula is C18H19N4OS+. The van der Waals surface area contributed by atoms with Crippen molar-refractivity contribution in [3.63, 3.8) is 0 Å². The predicted molar refractivity (Wildman–Crippen MR) is 99.4 cm³/mol. The van der Waals surface area contributed by atoms with Crippen molar-refractivity contribution in [1.29, 1.82) is 0 Å². The Labute approximate surface area is 145 Å². The van der Waals surface area contributed by atoms with Gasteiger partial charge in [0.25, 0.3) is 5.17 Å². The predicted octanol–water partition coefficient (Wildman–Crippen LogP) is 2.91. The lowest BCUT2D eigenvalue weighted by atomic mass is 10.0. The minimum absolute atomic E-state index is 0.126. The van der Waals surface area contributed by atoms with Gasteiger partial charge in [0.15, 0.2) is 23.9 Å². The Morgan fingerprint density at radius 3 is 2.96 bits per heavy atom.